The van der Waals surface area contributed by atoms with Gasteiger partial charge < -0.3 is 9.14 Å². The standard InChI is InChI=1S/C12H13NO2/c1-3-9-8-10(12(14)15-2)11-6-4-5-7-13(9)11/h4-8H,3H2,1-2H3. The molecular weight excluding hydrogens is 190 g/mol. The fourth-order valence-electron chi connectivity index (χ4n) is 1.77. The Labute approximate surface area is 88.3 Å². The van der Waals surface area contributed by atoms with Gasteiger partial charge in [-0.1, -0.05) is 13.0 Å². The first-order valence-corrected chi connectivity index (χ1v) is 4.95. The normalized spacial score (nSPS) is 10.5. The summed E-state index contributed by atoms with van der Waals surface area (Å²) >= 11 is 0. The molecule has 78 valence electrons. The molecule has 2 rings (SSSR count). The van der Waals surface area contributed by atoms with E-state index in [4.69, 9.17) is 4.74 Å². The quantitative estimate of drug-likeness (QED) is 0.701. The Balaban J connectivity index is 2.70. The van der Waals surface area contributed by atoms with E-state index in [1.165, 1.54) is 7.11 Å². The number of carbonyl (C=O) groups excluding carboxylic acids is 1. The third-order valence-corrected chi connectivity index (χ3v) is 2.52. The zero-order valence-corrected chi connectivity index (χ0v) is 8.86. The molecule has 0 saturated carbocycles. The molecule has 0 radical (unpaired) electrons. The van der Waals surface area contributed by atoms with Crippen LogP contribution in [0.5, 0.6) is 0 Å². The lowest BCUT2D eigenvalue weighted by molar-refractivity contribution is 0.0603. The summed E-state index contributed by atoms with van der Waals surface area (Å²) in [5, 5.41) is 0. The van der Waals surface area contributed by atoms with E-state index >= 15 is 0 Å². The van der Waals surface area contributed by atoms with Crippen LogP contribution in [-0.4, -0.2) is 17.5 Å². The maximum atomic E-state index is 11.5. The molecule has 0 bridgehead atoms. The van der Waals surface area contributed by atoms with Gasteiger partial charge in [-0.3, -0.25) is 0 Å². The minimum atomic E-state index is -0.279. The highest BCUT2D eigenvalue weighted by molar-refractivity contribution is 5.97. The highest BCUT2D eigenvalue weighted by Crippen LogP contribution is 2.18. The minimum Gasteiger partial charge on any atom is -0.465 e. The van der Waals surface area contributed by atoms with E-state index in [9.17, 15) is 4.79 Å². The summed E-state index contributed by atoms with van der Waals surface area (Å²) < 4.78 is 6.77. The molecule has 0 spiro atoms. The second-order valence-electron chi connectivity index (χ2n) is 3.35. The molecule has 0 amide bonds. The third-order valence-electron chi connectivity index (χ3n) is 2.52. The van der Waals surface area contributed by atoms with Crippen LogP contribution in [0.4, 0.5) is 0 Å². The number of pyridine rings is 1. The number of aromatic nitrogens is 1. The van der Waals surface area contributed by atoms with Crippen LogP contribution in [0.2, 0.25) is 0 Å². The summed E-state index contributed by atoms with van der Waals surface area (Å²) in [5.74, 6) is -0.279. The number of carbonyl (C=O) groups is 1. The van der Waals surface area contributed by atoms with Crippen LogP contribution in [0, 0.1) is 0 Å². The van der Waals surface area contributed by atoms with E-state index < -0.39 is 0 Å². The first kappa shape index (κ1) is 9.77. The lowest BCUT2D eigenvalue weighted by Crippen LogP contribution is -1.99. The zero-order chi connectivity index (χ0) is 10.8. The summed E-state index contributed by atoms with van der Waals surface area (Å²) in [7, 11) is 1.40. The maximum Gasteiger partial charge on any atom is 0.340 e. The van der Waals surface area contributed by atoms with Crippen LogP contribution in [0.1, 0.15) is 23.0 Å². The molecule has 2 heterocycles. The Hall–Kier alpha value is -1.77. The number of rotatable bonds is 2. The largest absolute Gasteiger partial charge is 0.465 e. The van der Waals surface area contributed by atoms with E-state index in [-0.39, 0.29) is 5.97 Å². The molecule has 0 aromatic carbocycles. The van der Waals surface area contributed by atoms with Crippen LogP contribution in [-0.2, 0) is 11.2 Å². The second-order valence-corrected chi connectivity index (χ2v) is 3.35. The van der Waals surface area contributed by atoms with Crippen molar-refractivity contribution in [2.75, 3.05) is 7.11 Å². The molecule has 3 heteroatoms. The molecule has 0 N–H and O–H groups in total. The van der Waals surface area contributed by atoms with Gasteiger partial charge in [0, 0.05) is 11.9 Å². The molecule has 0 aliphatic carbocycles. The van der Waals surface area contributed by atoms with E-state index in [0.29, 0.717) is 5.56 Å². The Morgan fingerprint density at radius 1 is 1.47 bits per heavy atom. The first-order chi connectivity index (χ1) is 7.27. The molecule has 0 fully saturated rings. The summed E-state index contributed by atoms with van der Waals surface area (Å²) in [6, 6.07) is 7.68. The zero-order valence-electron chi connectivity index (χ0n) is 8.86. The number of methoxy groups -OCH3 is 1. The van der Waals surface area contributed by atoms with Crippen molar-refractivity contribution in [1.29, 1.82) is 0 Å². The highest BCUT2D eigenvalue weighted by atomic mass is 16.5. The van der Waals surface area contributed by atoms with Crippen molar-refractivity contribution in [1.82, 2.24) is 4.40 Å². The SMILES string of the molecule is CCc1cc(C(=O)OC)c2ccccn12. The average Bonchev–Trinajstić information content (AvgIpc) is 2.67. The van der Waals surface area contributed by atoms with Gasteiger partial charge >= 0.3 is 5.97 Å². The van der Waals surface area contributed by atoms with Gasteiger partial charge in [-0.15, -0.1) is 0 Å². The number of fused-ring (bicyclic) bond motifs is 1. The van der Waals surface area contributed by atoms with Gasteiger partial charge in [0.1, 0.15) is 0 Å². The van der Waals surface area contributed by atoms with Crippen molar-refractivity contribution in [3.05, 3.63) is 41.7 Å². The summed E-state index contributed by atoms with van der Waals surface area (Å²) in [6.45, 7) is 2.07. The number of hydrogen-bond acceptors (Lipinski definition) is 2. The number of nitrogens with zero attached hydrogens (tertiary/aromatic N) is 1. The predicted molar refractivity (Wildman–Crippen MR) is 58.1 cm³/mol. The number of hydrogen-bond donors (Lipinski definition) is 0. The van der Waals surface area contributed by atoms with Crippen molar-refractivity contribution in [2.24, 2.45) is 0 Å². The van der Waals surface area contributed by atoms with Gasteiger partial charge in [-0.2, -0.15) is 0 Å². The van der Waals surface area contributed by atoms with Crippen molar-refractivity contribution in [3.63, 3.8) is 0 Å². The van der Waals surface area contributed by atoms with Crippen LogP contribution in [0.15, 0.2) is 30.5 Å². The molecule has 0 atom stereocenters. The lowest BCUT2D eigenvalue weighted by Gasteiger charge is -1.99. The Morgan fingerprint density at radius 2 is 2.27 bits per heavy atom. The number of ether oxygens (including phenoxy) is 1. The lowest BCUT2D eigenvalue weighted by atomic mass is 10.2. The van der Waals surface area contributed by atoms with Gasteiger partial charge in [0.05, 0.1) is 18.2 Å². The van der Waals surface area contributed by atoms with Gasteiger partial charge in [-0.05, 0) is 24.6 Å². The molecule has 0 saturated heterocycles. The predicted octanol–water partition coefficient (Wildman–Crippen LogP) is 2.29. The van der Waals surface area contributed by atoms with Gasteiger partial charge in [-0.25, -0.2) is 4.79 Å². The minimum absolute atomic E-state index is 0.279. The van der Waals surface area contributed by atoms with Crippen molar-refractivity contribution >= 4 is 11.5 Å². The van der Waals surface area contributed by atoms with Gasteiger partial charge in [0.2, 0.25) is 0 Å². The summed E-state index contributed by atoms with van der Waals surface area (Å²) in [5.41, 5.74) is 2.65. The molecule has 0 unspecified atom stereocenters. The summed E-state index contributed by atoms with van der Waals surface area (Å²) in [4.78, 5) is 11.5. The van der Waals surface area contributed by atoms with E-state index in [1.54, 1.807) is 0 Å². The number of esters is 1. The molecule has 3 nitrogen and oxygen atoms in total. The van der Waals surface area contributed by atoms with Crippen molar-refractivity contribution in [3.8, 4) is 0 Å². The maximum absolute atomic E-state index is 11.5. The summed E-state index contributed by atoms with van der Waals surface area (Å²) in [6.07, 6.45) is 2.85. The first-order valence-electron chi connectivity index (χ1n) is 4.95. The van der Waals surface area contributed by atoms with Crippen LogP contribution >= 0.6 is 0 Å². The van der Waals surface area contributed by atoms with Gasteiger partial charge in [0.15, 0.2) is 0 Å². The monoisotopic (exact) mass is 203 g/mol. The van der Waals surface area contributed by atoms with E-state index in [1.807, 2.05) is 34.9 Å². The Morgan fingerprint density at radius 3 is 2.93 bits per heavy atom. The molecular formula is C12H13NO2. The molecule has 0 aliphatic heterocycles. The average molecular weight is 203 g/mol. The van der Waals surface area contributed by atoms with Crippen molar-refractivity contribution in [2.45, 2.75) is 13.3 Å². The Bertz CT molecular complexity index is 499. The highest BCUT2D eigenvalue weighted by Gasteiger charge is 2.13. The molecule has 0 aliphatic rings. The van der Waals surface area contributed by atoms with E-state index in [2.05, 4.69) is 6.92 Å². The second kappa shape index (κ2) is 3.77. The number of aryl methyl sites for hydroxylation is 1. The van der Waals surface area contributed by atoms with Crippen molar-refractivity contribution < 1.29 is 9.53 Å². The van der Waals surface area contributed by atoms with Gasteiger partial charge in [0.25, 0.3) is 0 Å². The fraction of sp³-hybridized carbons (Fsp3) is 0.250. The topological polar surface area (TPSA) is 30.7 Å². The third kappa shape index (κ3) is 1.50. The fourth-order valence-corrected chi connectivity index (χ4v) is 1.77. The molecule has 15 heavy (non-hydrogen) atoms. The smallest absolute Gasteiger partial charge is 0.340 e. The molecule has 2 aromatic heterocycles. The van der Waals surface area contributed by atoms with Crippen LogP contribution < -0.4 is 0 Å². The van der Waals surface area contributed by atoms with Crippen LogP contribution in [0.25, 0.3) is 5.52 Å². The Kier molecular flexibility index (Phi) is 2.46. The van der Waals surface area contributed by atoms with E-state index in [0.717, 1.165) is 17.6 Å². The molecule has 2 aromatic rings. The van der Waals surface area contributed by atoms with Crippen LogP contribution in [0.3, 0.4) is 0 Å².